The Morgan fingerprint density at radius 3 is 1.30 bits per heavy atom. The zero-order valence-corrected chi connectivity index (χ0v) is 17.9. The third-order valence-corrected chi connectivity index (χ3v) is 6.93. The topological polar surface area (TPSA) is 0 Å². The number of rotatable bonds is 5. The van der Waals surface area contributed by atoms with Gasteiger partial charge in [0.25, 0.3) is 0 Å². The molecule has 140 valence electrons. The van der Waals surface area contributed by atoms with Gasteiger partial charge < -0.3 is 0 Å². The van der Waals surface area contributed by atoms with Gasteiger partial charge in [-0.1, -0.05) is 93.9 Å². The van der Waals surface area contributed by atoms with Crippen molar-refractivity contribution in [1.29, 1.82) is 0 Å². The van der Waals surface area contributed by atoms with Crippen LogP contribution in [-0.4, -0.2) is 0 Å². The summed E-state index contributed by atoms with van der Waals surface area (Å²) in [5.74, 6) is 2.00. The molecule has 2 fully saturated rings. The van der Waals surface area contributed by atoms with E-state index in [1.165, 1.54) is 70.6 Å². The summed E-state index contributed by atoms with van der Waals surface area (Å²) in [6.07, 6.45) is 16.0. The van der Waals surface area contributed by atoms with Gasteiger partial charge in [0.1, 0.15) is 0 Å². The highest BCUT2D eigenvalue weighted by atomic mass is 14.4. The lowest BCUT2D eigenvalue weighted by atomic mass is 9.79. The standard InChI is InChI=1S/C11H22.C10H20.C2H6/c1-4-7-11(5-2)8-6-10(3)9-11;1-4-10(5-2)7-6-9(3)8-10;1-2/h10H,4-9H2,1-3H3;9H,4-8H2,1-3H3;1-2H3. The summed E-state index contributed by atoms with van der Waals surface area (Å²) in [7, 11) is 0. The van der Waals surface area contributed by atoms with E-state index in [2.05, 4.69) is 41.5 Å². The molecular formula is C23H48. The molecule has 23 heavy (non-hydrogen) atoms. The van der Waals surface area contributed by atoms with Crippen LogP contribution >= 0.6 is 0 Å². The van der Waals surface area contributed by atoms with Crippen LogP contribution in [0, 0.1) is 22.7 Å². The van der Waals surface area contributed by atoms with Crippen LogP contribution in [0.4, 0.5) is 0 Å². The lowest BCUT2D eigenvalue weighted by molar-refractivity contribution is 0.248. The zero-order chi connectivity index (χ0) is 17.9. The van der Waals surface area contributed by atoms with Gasteiger partial charge in [-0.3, -0.25) is 0 Å². The maximum atomic E-state index is 2.41. The van der Waals surface area contributed by atoms with Crippen molar-refractivity contribution >= 4 is 0 Å². The predicted molar refractivity (Wildman–Crippen MR) is 108 cm³/mol. The molecule has 0 aromatic heterocycles. The molecule has 0 heteroatoms. The molecule has 2 aliphatic carbocycles. The van der Waals surface area contributed by atoms with Crippen molar-refractivity contribution in [3.8, 4) is 0 Å². The van der Waals surface area contributed by atoms with Crippen LogP contribution in [0.5, 0.6) is 0 Å². The number of hydrogen-bond donors (Lipinski definition) is 0. The highest BCUT2D eigenvalue weighted by Crippen LogP contribution is 2.47. The minimum Gasteiger partial charge on any atom is -0.0683 e. The van der Waals surface area contributed by atoms with Gasteiger partial charge in [-0.05, 0) is 54.8 Å². The SMILES string of the molecule is CC.CCC1(CC)CCC(C)C1.CCCC1(CC)CCC(C)C1. The molecule has 2 aliphatic rings. The summed E-state index contributed by atoms with van der Waals surface area (Å²) in [4.78, 5) is 0. The summed E-state index contributed by atoms with van der Waals surface area (Å²) < 4.78 is 0. The van der Waals surface area contributed by atoms with Gasteiger partial charge in [-0.2, -0.15) is 0 Å². The Bertz CT molecular complexity index is 272. The van der Waals surface area contributed by atoms with E-state index in [9.17, 15) is 0 Å². The Labute approximate surface area is 149 Å². The molecule has 0 amide bonds. The highest BCUT2D eigenvalue weighted by molar-refractivity contribution is 4.86. The summed E-state index contributed by atoms with van der Waals surface area (Å²) in [5.41, 5.74) is 1.51. The fourth-order valence-corrected chi connectivity index (χ4v) is 5.14. The molecule has 0 nitrogen and oxygen atoms in total. The van der Waals surface area contributed by atoms with Gasteiger partial charge in [0, 0.05) is 0 Å². The van der Waals surface area contributed by atoms with E-state index in [1.54, 1.807) is 0 Å². The van der Waals surface area contributed by atoms with Crippen molar-refractivity contribution in [2.24, 2.45) is 22.7 Å². The molecule has 0 saturated heterocycles. The maximum Gasteiger partial charge on any atom is -0.0298 e. The summed E-state index contributed by atoms with van der Waals surface area (Å²) in [6, 6.07) is 0. The fraction of sp³-hybridized carbons (Fsp3) is 1.00. The number of hydrogen-bond acceptors (Lipinski definition) is 0. The second-order valence-corrected chi connectivity index (χ2v) is 8.51. The van der Waals surface area contributed by atoms with E-state index in [-0.39, 0.29) is 0 Å². The van der Waals surface area contributed by atoms with E-state index in [4.69, 9.17) is 0 Å². The second kappa shape index (κ2) is 11.5. The van der Waals surface area contributed by atoms with Crippen molar-refractivity contribution in [1.82, 2.24) is 0 Å². The molecule has 0 bridgehead atoms. The Balaban J connectivity index is 0.000000381. The first kappa shape index (κ1) is 23.0. The van der Waals surface area contributed by atoms with Crippen molar-refractivity contribution in [3.05, 3.63) is 0 Å². The van der Waals surface area contributed by atoms with E-state index >= 15 is 0 Å². The van der Waals surface area contributed by atoms with Gasteiger partial charge in [-0.15, -0.1) is 0 Å². The molecule has 3 unspecified atom stereocenters. The van der Waals surface area contributed by atoms with Gasteiger partial charge in [0.2, 0.25) is 0 Å². The van der Waals surface area contributed by atoms with Crippen LogP contribution in [0.3, 0.4) is 0 Å². The van der Waals surface area contributed by atoms with Crippen LogP contribution in [0.15, 0.2) is 0 Å². The summed E-state index contributed by atoms with van der Waals surface area (Å²) >= 11 is 0. The van der Waals surface area contributed by atoms with Crippen molar-refractivity contribution in [3.63, 3.8) is 0 Å². The predicted octanol–water partition coefficient (Wildman–Crippen LogP) is 8.64. The van der Waals surface area contributed by atoms with E-state index in [1.807, 2.05) is 13.8 Å². The first-order chi connectivity index (χ1) is 10.9. The fourth-order valence-electron chi connectivity index (χ4n) is 5.14. The summed E-state index contributed by atoms with van der Waals surface area (Å²) in [6.45, 7) is 18.2. The molecule has 0 spiro atoms. The molecule has 0 aliphatic heterocycles. The molecule has 2 saturated carbocycles. The molecule has 0 radical (unpaired) electrons. The molecular weight excluding hydrogens is 276 g/mol. The molecule has 0 aromatic carbocycles. The largest absolute Gasteiger partial charge is 0.0683 e. The lowest BCUT2D eigenvalue weighted by Crippen LogP contribution is -2.14. The maximum absolute atomic E-state index is 2.41. The van der Waals surface area contributed by atoms with Gasteiger partial charge in [0.05, 0.1) is 0 Å². The van der Waals surface area contributed by atoms with Crippen LogP contribution in [0.1, 0.15) is 126 Å². The highest BCUT2D eigenvalue weighted by Gasteiger charge is 2.34. The van der Waals surface area contributed by atoms with Crippen molar-refractivity contribution in [2.75, 3.05) is 0 Å². The Hall–Kier alpha value is 0. The van der Waals surface area contributed by atoms with Crippen LogP contribution < -0.4 is 0 Å². The molecule has 0 heterocycles. The monoisotopic (exact) mass is 324 g/mol. The van der Waals surface area contributed by atoms with Crippen LogP contribution in [0.25, 0.3) is 0 Å². The van der Waals surface area contributed by atoms with Gasteiger partial charge in [-0.25, -0.2) is 0 Å². The van der Waals surface area contributed by atoms with E-state index in [0.717, 1.165) is 22.7 Å². The van der Waals surface area contributed by atoms with Crippen LogP contribution in [-0.2, 0) is 0 Å². The Kier molecular flexibility index (Phi) is 11.5. The second-order valence-electron chi connectivity index (χ2n) is 8.51. The van der Waals surface area contributed by atoms with E-state index in [0.29, 0.717) is 0 Å². The van der Waals surface area contributed by atoms with E-state index < -0.39 is 0 Å². The molecule has 2 rings (SSSR count). The summed E-state index contributed by atoms with van der Waals surface area (Å²) in [5, 5.41) is 0. The first-order valence-electron chi connectivity index (χ1n) is 10.9. The third kappa shape index (κ3) is 7.18. The Morgan fingerprint density at radius 1 is 0.696 bits per heavy atom. The van der Waals surface area contributed by atoms with Crippen molar-refractivity contribution < 1.29 is 0 Å². The normalized spacial score (nSPS) is 31.8. The minimum absolute atomic E-state index is 0.749. The molecule has 0 N–H and O–H groups in total. The Morgan fingerprint density at radius 2 is 1.09 bits per heavy atom. The van der Waals surface area contributed by atoms with Gasteiger partial charge in [0.15, 0.2) is 0 Å². The van der Waals surface area contributed by atoms with Gasteiger partial charge >= 0.3 is 0 Å². The average molecular weight is 325 g/mol. The lowest BCUT2D eigenvalue weighted by Gasteiger charge is -2.27. The molecule has 3 atom stereocenters. The zero-order valence-electron chi connectivity index (χ0n) is 17.9. The quantitative estimate of drug-likeness (QED) is 0.474. The smallest absolute Gasteiger partial charge is 0.0298 e. The minimum atomic E-state index is 0.749. The average Bonchev–Trinajstić information content (AvgIpc) is 3.14. The third-order valence-electron chi connectivity index (χ3n) is 6.93. The van der Waals surface area contributed by atoms with Crippen molar-refractivity contribution in [2.45, 2.75) is 126 Å². The first-order valence-corrected chi connectivity index (χ1v) is 10.9. The molecule has 0 aromatic rings. The van der Waals surface area contributed by atoms with Crippen LogP contribution in [0.2, 0.25) is 0 Å².